The zero-order chi connectivity index (χ0) is 19.6. The molecular weight excluding hydrogens is 366 g/mol. The summed E-state index contributed by atoms with van der Waals surface area (Å²) in [6.45, 7) is 6.66. The Bertz CT molecular complexity index is 765. The molecule has 1 aromatic carbocycles. The van der Waals surface area contributed by atoms with E-state index in [2.05, 4.69) is 10.5 Å². The number of rotatable bonds is 4. The normalized spacial score (nSPS) is 25.1. The summed E-state index contributed by atoms with van der Waals surface area (Å²) in [7, 11) is 0. The van der Waals surface area contributed by atoms with Gasteiger partial charge in [-0.05, 0) is 39.7 Å². The highest BCUT2D eigenvalue weighted by molar-refractivity contribution is 6.34. The molecule has 1 aromatic rings. The first-order valence-electron chi connectivity index (χ1n) is 9.40. The second-order valence-corrected chi connectivity index (χ2v) is 8.18. The molecule has 0 spiro atoms. The number of amides is 2. The molecule has 6 nitrogen and oxygen atoms in total. The Morgan fingerprint density at radius 1 is 1.37 bits per heavy atom. The lowest BCUT2D eigenvalue weighted by atomic mass is 9.91. The summed E-state index contributed by atoms with van der Waals surface area (Å²) in [5.74, 6) is -0.303. The summed E-state index contributed by atoms with van der Waals surface area (Å²) >= 11 is 6.24. The van der Waals surface area contributed by atoms with Crippen LogP contribution in [0, 0.1) is 5.92 Å². The van der Waals surface area contributed by atoms with E-state index in [4.69, 9.17) is 16.4 Å². The van der Waals surface area contributed by atoms with Crippen molar-refractivity contribution in [2.24, 2.45) is 11.1 Å². The Hall–Kier alpha value is -2.08. The fraction of sp³-hybridized carbons (Fsp3) is 0.550. The largest absolute Gasteiger partial charge is 0.379 e. The highest BCUT2D eigenvalue weighted by Gasteiger charge is 2.46. The number of halogens is 1. The van der Waals surface area contributed by atoms with Crippen molar-refractivity contribution in [2.75, 3.05) is 13.1 Å². The molecule has 2 aliphatic rings. The van der Waals surface area contributed by atoms with Crippen LogP contribution in [-0.4, -0.2) is 47.2 Å². The summed E-state index contributed by atoms with van der Waals surface area (Å²) in [5, 5.41) is 7.66. The molecule has 0 radical (unpaired) electrons. The molecule has 2 amide bonds. The first-order chi connectivity index (χ1) is 12.8. The predicted octanol–water partition coefficient (Wildman–Crippen LogP) is 2.99. The van der Waals surface area contributed by atoms with E-state index in [1.807, 2.05) is 32.0 Å². The van der Waals surface area contributed by atoms with Crippen molar-refractivity contribution in [1.29, 1.82) is 0 Å². The smallest absolute Gasteiger partial charge is 0.269 e. The SMILES string of the molecule is CC(C)NC(=O)C1CCCN(C(=O)C2(C)CC(c3ccccc3Cl)=NO2)C1. The number of hydrogen-bond donors (Lipinski definition) is 1. The van der Waals surface area contributed by atoms with Crippen LogP contribution in [-0.2, 0) is 14.4 Å². The molecule has 3 rings (SSSR count). The summed E-state index contributed by atoms with van der Waals surface area (Å²) in [6, 6.07) is 7.48. The maximum atomic E-state index is 13.1. The first kappa shape index (κ1) is 19.7. The minimum Gasteiger partial charge on any atom is -0.379 e. The van der Waals surface area contributed by atoms with E-state index in [1.54, 1.807) is 17.9 Å². The van der Waals surface area contributed by atoms with Gasteiger partial charge >= 0.3 is 0 Å². The average molecular weight is 392 g/mol. The summed E-state index contributed by atoms with van der Waals surface area (Å²) in [4.78, 5) is 32.8. The minimum atomic E-state index is -1.06. The fourth-order valence-electron chi connectivity index (χ4n) is 3.61. The third-order valence-electron chi connectivity index (χ3n) is 5.01. The van der Waals surface area contributed by atoms with Crippen molar-refractivity contribution in [3.8, 4) is 0 Å². The number of oxime groups is 1. The van der Waals surface area contributed by atoms with Gasteiger partial charge in [-0.1, -0.05) is 35.0 Å². The zero-order valence-corrected chi connectivity index (χ0v) is 16.8. The molecule has 146 valence electrons. The van der Waals surface area contributed by atoms with E-state index in [0.29, 0.717) is 30.2 Å². The van der Waals surface area contributed by atoms with Crippen molar-refractivity contribution < 1.29 is 14.4 Å². The molecule has 2 heterocycles. The van der Waals surface area contributed by atoms with Crippen molar-refractivity contribution >= 4 is 29.1 Å². The molecule has 27 heavy (non-hydrogen) atoms. The molecule has 0 saturated carbocycles. The van der Waals surface area contributed by atoms with Crippen molar-refractivity contribution in [3.05, 3.63) is 34.9 Å². The zero-order valence-electron chi connectivity index (χ0n) is 16.0. The second kappa shape index (κ2) is 7.89. The van der Waals surface area contributed by atoms with Gasteiger partial charge in [0.15, 0.2) is 0 Å². The summed E-state index contributed by atoms with van der Waals surface area (Å²) in [6.07, 6.45) is 1.95. The lowest BCUT2D eigenvalue weighted by molar-refractivity contribution is -0.155. The monoisotopic (exact) mass is 391 g/mol. The quantitative estimate of drug-likeness (QED) is 0.857. The van der Waals surface area contributed by atoms with Gasteiger partial charge in [-0.3, -0.25) is 9.59 Å². The number of nitrogens with zero attached hydrogens (tertiary/aromatic N) is 2. The first-order valence-corrected chi connectivity index (χ1v) is 9.77. The van der Waals surface area contributed by atoms with E-state index >= 15 is 0 Å². The number of hydrogen-bond acceptors (Lipinski definition) is 4. The van der Waals surface area contributed by atoms with Crippen LogP contribution in [0.1, 0.15) is 45.6 Å². The maximum Gasteiger partial charge on any atom is 0.269 e. The summed E-state index contributed by atoms with van der Waals surface area (Å²) in [5.41, 5.74) is 0.386. The van der Waals surface area contributed by atoms with E-state index in [0.717, 1.165) is 18.4 Å². The highest BCUT2D eigenvalue weighted by atomic mass is 35.5. The standard InChI is InChI=1S/C20H26ClN3O3/c1-13(2)22-18(25)14-7-6-10-24(12-14)19(26)20(3)11-17(23-27-20)15-8-4-5-9-16(15)21/h4-5,8-9,13-14H,6-7,10-12H2,1-3H3,(H,22,25). The third-order valence-corrected chi connectivity index (χ3v) is 5.34. The van der Waals surface area contributed by atoms with E-state index in [1.165, 1.54) is 0 Å². The Kier molecular flexibility index (Phi) is 5.75. The number of piperidine rings is 1. The minimum absolute atomic E-state index is 0.00741. The van der Waals surface area contributed by atoms with Crippen LogP contribution in [0.5, 0.6) is 0 Å². The molecule has 2 atom stereocenters. The Balaban J connectivity index is 1.67. The van der Waals surface area contributed by atoms with Crippen molar-refractivity contribution in [1.82, 2.24) is 10.2 Å². The molecule has 1 fully saturated rings. The van der Waals surface area contributed by atoms with Crippen LogP contribution < -0.4 is 5.32 Å². The molecule has 0 aliphatic carbocycles. The third kappa shape index (κ3) is 4.26. The molecule has 0 aromatic heterocycles. The van der Waals surface area contributed by atoms with Gasteiger partial charge in [0.05, 0.1) is 11.6 Å². The molecule has 7 heteroatoms. The Labute approximate surface area is 164 Å². The van der Waals surface area contributed by atoms with Crippen LogP contribution in [0.2, 0.25) is 5.02 Å². The predicted molar refractivity (Wildman–Crippen MR) is 105 cm³/mol. The number of nitrogens with one attached hydrogen (secondary N) is 1. The van der Waals surface area contributed by atoms with E-state index in [-0.39, 0.29) is 23.8 Å². The van der Waals surface area contributed by atoms with Gasteiger partial charge in [0.25, 0.3) is 5.91 Å². The topological polar surface area (TPSA) is 71.0 Å². The van der Waals surface area contributed by atoms with Crippen LogP contribution in [0.4, 0.5) is 0 Å². The molecular formula is C20H26ClN3O3. The van der Waals surface area contributed by atoms with Crippen LogP contribution in [0.15, 0.2) is 29.4 Å². The molecule has 2 aliphatic heterocycles. The van der Waals surface area contributed by atoms with Gasteiger partial charge < -0.3 is 15.1 Å². The van der Waals surface area contributed by atoms with E-state index in [9.17, 15) is 9.59 Å². The fourth-order valence-corrected chi connectivity index (χ4v) is 3.85. The molecule has 1 N–H and O–H groups in total. The number of benzene rings is 1. The number of carbonyl (C=O) groups is 2. The average Bonchev–Trinajstić information content (AvgIpc) is 3.04. The molecule has 2 unspecified atom stereocenters. The van der Waals surface area contributed by atoms with Crippen LogP contribution >= 0.6 is 11.6 Å². The van der Waals surface area contributed by atoms with Gasteiger partial charge in [0, 0.05) is 36.1 Å². The number of carbonyl (C=O) groups excluding carboxylic acids is 2. The Morgan fingerprint density at radius 2 is 2.11 bits per heavy atom. The highest BCUT2D eigenvalue weighted by Crippen LogP contribution is 2.32. The van der Waals surface area contributed by atoms with Gasteiger partial charge in [0.2, 0.25) is 11.5 Å². The Morgan fingerprint density at radius 3 is 2.81 bits per heavy atom. The lowest BCUT2D eigenvalue weighted by Gasteiger charge is -2.36. The van der Waals surface area contributed by atoms with Gasteiger partial charge in [0.1, 0.15) is 0 Å². The van der Waals surface area contributed by atoms with Crippen molar-refractivity contribution in [2.45, 2.75) is 51.7 Å². The molecule has 1 saturated heterocycles. The second-order valence-electron chi connectivity index (χ2n) is 7.77. The molecule has 0 bridgehead atoms. The maximum absolute atomic E-state index is 13.1. The van der Waals surface area contributed by atoms with Gasteiger partial charge in [-0.2, -0.15) is 0 Å². The van der Waals surface area contributed by atoms with Gasteiger partial charge in [-0.15, -0.1) is 0 Å². The van der Waals surface area contributed by atoms with Crippen LogP contribution in [0.25, 0.3) is 0 Å². The van der Waals surface area contributed by atoms with E-state index < -0.39 is 5.60 Å². The summed E-state index contributed by atoms with van der Waals surface area (Å²) < 4.78 is 0. The van der Waals surface area contributed by atoms with Gasteiger partial charge in [-0.25, -0.2) is 0 Å². The lowest BCUT2D eigenvalue weighted by Crippen LogP contribution is -2.53. The van der Waals surface area contributed by atoms with Crippen LogP contribution in [0.3, 0.4) is 0 Å². The van der Waals surface area contributed by atoms with Crippen molar-refractivity contribution in [3.63, 3.8) is 0 Å². The number of likely N-dealkylation sites (tertiary alicyclic amines) is 1.